The average molecular weight is 1340 g/mol. The maximum Gasteiger partial charge on any atom is 0.472 e. The van der Waals surface area contributed by atoms with Crippen LogP contribution >= 0.6 is 15.6 Å². The molecular formula is C72H140O17P2. The highest BCUT2D eigenvalue weighted by Crippen LogP contribution is 2.45. The van der Waals surface area contributed by atoms with E-state index < -0.39 is 97.5 Å². The van der Waals surface area contributed by atoms with Gasteiger partial charge in [0.1, 0.15) is 19.3 Å². The lowest BCUT2D eigenvalue weighted by Crippen LogP contribution is -2.30. The fourth-order valence-electron chi connectivity index (χ4n) is 10.9. The minimum absolute atomic E-state index is 0.103. The molecule has 91 heavy (non-hydrogen) atoms. The number of unbranched alkanes of at least 4 members (excludes halogenated alkanes) is 40. The van der Waals surface area contributed by atoms with Gasteiger partial charge in [-0.05, 0) is 37.5 Å². The second-order valence-corrected chi connectivity index (χ2v) is 29.6. The van der Waals surface area contributed by atoms with Crippen molar-refractivity contribution in [3.05, 3.63) is 0 Å². The Morgan fingerprint density at radius 2 is 0.560 bits per heavy atom. The number of aliphatic hydroxyl groups is 1. The zero-order valence-corrected chi connectivity index (χ0v) is 60.9. The third-order valence-corrected chi connectivity index (χ3v) is 19.0. The van der Waals surface area contributed by atoms with Gasteiger partial charge in [0.2, 0.25) is 0 Å². The molecule has 0 fully saturated rings. The topological polar surface area (TPSA) is 237 Å². The van der Waals surface area contributed by atoms with Crippen molar-refractivity contribution in [1.29, 1.82) is 0 Å². The normalized spacial score (nSPS) is 14.4. The summed E-state index contributed by atoms with van der Waals surface area (Å²) in [7, 11) is -9.90. The highest BCUT2D eigenvalue weighted by molar-refractivity contribution is 7.47. The first kappa shape index (κ1) is 89.1. The van der Waals surface area contributed by atoms with Gasteiger partial charge in [0.15, 0.2) is 12.2 Å². The molecule has 0 aromatic heterocycles. The van der Waals surface area contributed by atoms with Crippen molar-refractivity contribution in [2.24, 2.45) is 11.8 Å². The molecule has 0 spiro atoms. The van der Waals surface area contributed by atoms with Gasteiger partial charge in [0.05, 0.1) is 26.4 Å². The molecule has 0 saturated carbocycles. The number of esters is 4. The monoisotopic (exact) mass is 1340 g/mol. The lowest BCUT2D eigenvalue weighted by molar-refractivity contribution is -0.161. The molecule has 6 atom stereocenters. The van der Waals surface area contributed by atoms with Gasteiger partial charge in [-0.25, -0.2) is 9.13 Å². The number of rotatable bonds is 71. The van der Waals surface area contributed by atoms with E-state index in [9.17, 15) is 43.2 Å². The van der Waals surface area contributed by atoms with Crippen molar-refractivity contribution in [3.8, 4) is 0 Å². The zero-order chi connectivity index (χ0) is 67.2. The van der Waals surface area contributed by atoms with E-state index in [1.807, 2.05) is 0 Å². The summed E-state index contributed by atoms with van der Waals surface area (Å²) in [4.78, 5) is 72.5. The van der Waals surface area contributed by atoms with Crippen molar-refractivity contribution >= 4 is 39.5 Å². The Kier molecular flexibility index (Phi) is 62.7. The number of phosphoric acid groups is 2. The van der Waals surface area contributed by atoms with Crippen LogP contribution < -0.4 is 0 Å². The molecule has 0 heterocycles. The molecule has 0 radical (unpaired) electrons. The Labute approximate surface area is 556 Å². The van der Waals surface area contributed by atoms with Crippen LogP contribution in [-0.2, 0) is 65.4 Å². The third kappa shape index (κ3) is 65.1. The summed E-state index contributed by atoms with van der Waals surface area (Å²) in [6.07, 6.45) is 50.1. The first-order valence-corrected chi connectivity index (χ1v) is 40.5. The van der Waals surface area contributed by atoms with Gasteiger partial charge in [0, 0.05) is 25.7 Å². The summed E-state index contributed by atoms with van der Waals surface area (Å²) in [5.41, 5.74) is 0. The first-order chi connectivity index (χ1) is 43.9. The Bertz CT molecular complexity index is 1770. The third-order valence-electron chi connectivity index (χ3n) is 17.1. The van der Waals surface area contributed by atoms with Gasteiger partial charge >= 0.3 is 39.5 Å². The Morgan fingerprint density at radius 3 is 0.835 bits per heavy atom. The van der Waals surface area contributed by atoms with Crippen molar-refractivity contribution in [3.63, 3.8) is 0 Å². The predicted molar refractivity (Wildman–Crippen MR) is 368 cm³/mol. The zero-order valence-electron chi connectivity index (χ0n) is 59.1. The van der Waals surface area contributed by atoms with Crippen LogP contribution in [0.2, 0.25) is 0 Å². The molecule has 0 rings (SSSR count). The fraction of sp³-hybridized carbons (Fsp3) is 0.944. The Balaban J connectivity index is 5.16. The van der Waals surface area contributed by atoms with Gasteiger partial charge in [-0.2, -0.15) is 0 Å². The van der Waals surface area contributed by atoms with E-state index in [1.165, 1.54) is 180 Å². The standard InChI is InChI=1S/C72H140O17P2/c1-7-10-12-14-16-18-19-29-32-36-43-49-55-70(75)83-60-67(88-71(76)56-50-44-37-33-30-27-25-23-21-20-22-24-26-28-31-34-40-46-52-64(4)5)62-86-90(78,79)84-58-66(73)59-85-91(80,81)87-63-68(61-82-69(74)54-48-42-35-17-15-13-11-8-2)89-72(77)57-51-45-39-38-41-47-53-65(6)9-3/h64-68,73H,7-63H2,1-6H3,(H,78,79)(H,80,81)/t65?,66-,67-,68-/m1/s1. The molecule has 540 valence electrons. The second kappa shape index (κ2) is 64.1. The largest absolute Gasteiger partial charge is 0.472 e. The predicted octanol–water partition coefficient (Wildman–Crippen LogP) is 20.8. The number of carbonyl (C=O) groups is 4. The van der Waals surface area contributed by atoms with Crippen LogP contribution in [0.4, 0.5) is 0 Å². The number of hydrogen-bond acceptors (Lipinski definition) is 15. The van der Waals surface area contributed by atoms with Crippen LogP contribution in [0.25, 0.3) is 0 Å². The van der Waals surface area contributed by atoms with E-state index in [2.05, 4.69) is 41.5 Å². The molecule has 0 bridgehead atoms. The lowest BCUT2D eigenvalue weighted by atomic mass is 10.00. The molecule has 0 aliphatic carbocycles. The van der Waals surface area contributed by atoms with Crippen molar-refractivity contribution in [2.45, 2.75) is 387 Å². The molecule has 0 amide bonds. The molecule has 17 nitrogen and oxygen atoms in total. The molecule has 0 aliphatic rings. The van der Waals surface area contributed by atoms with Crippen molar-refractivity contribution < 1.29 is 80.2 Å². The van der Waals surface area contributed by atoms with E-state index in [4.69, 9.17) is 37.0 Å². The number of phosphoric ester groups is 2. The molecule has 0 aromatic rings. The SMILES string of the molecule is CCCCCCCCCCCCCCC(=O)OC[C@H](COP(=O)(O)OC[C@@H](O)COP(=O)(O)OC[C@@H](COC(=O)CCCCCCCCCC)OC(=O)CCCCCCCCC(C)CC)OC(=O)CCCCCCCCCCCCCCCCCCCCC(C)C. The van der Waals surface area contributed by atoms with E-state index in [0.717, 1.165) is 108 Å². The quantitative estimate of drug-likeness (QED) is 0.0222. The Morgan fingerprint density at radius 1 is 0.319 bits per heavy atom. The van der Waals surface area contributed by atoms with Gasteiger partial charge in [-0.15, -0.1) is 0 Å². The maximum atomic E-state index is 13.0. The summed E-state index contributed by atoms with van der Waals surface area (Å²) in [5, 5.41) is 10.6. The van der Waals surface area contributed by atoms with Crippen molar-refractivity contribution in [2.75, 3.05) is 39.6 Å². The maximum absolute atomic E-state index is 13.0. The number of hydrogen-bond donors (Lipinski definition) is 3. The van der Waals surface area contributed by atoms with Crippen LogP contribution in [0.1, 0.15) is 369 Å². The van der Waals surface area contributed by atoms with Crippen molar-refractivity contribution in [1.82, 2.24) is 0 Å². The average Bonchev–Trinajstić information content (AvgIpc) is 2.07. The molecular weight excluding hydrogens is 1200 g/mol. The highest BCUT2D eigenvalue weighted by Gasteiger charge is 2.30. The number of carbonyl (C=O) groups excluding carboxylic acids is 4. The molecule has 3 unspecified atom stereocenters. The summed E-state index contributed by atoms with van der Waals surface area (Å²) < 4.78 is 68.2. The van der Waals surface area contributed by atoms with Crippen LogP contribution in [0.5, 0.6) is 0 Å². The van der Waals surface area contributed by atoms with Gasteiger partial charge in [-0.1, -0.05) is 318 Å². The minimum Gasteiger partial charge on any atom is -0.462 e. The first-order valence-electron chi connectivity index (χ1n) is 37.5. The summed E-state index contributed by atoms with van der Waals surface area (Å²) in [5.74, 6) is -0.586. The number of aliphatic hydroxyl groups excluding tert-OH is 1. The summed E-state index contributed by atoms with van der Waals surface area (Å²) in [6.45, 7) is 9.52. The van der Waals surface area contributed by atoms with E-state index in [1.54, 1.807) is 0 Å². The van der Waals surface area contributed by atoms with Crippen LogP contribution in [0.15, 0.2) is 0 Å². The minimum atomic E-state index is -4.95. The molecule has 0 saturated heterocycles. The molecule has 0 aromatic carbocycles. The summed E-state index contributed by atoms with van der Waals surface area (Å²) >= 11 is 0. The van der Waals surface area contributed by atoms with Crippen LogP contribution in [0, 0.1) is 11.8 Å². The van der Waals surface area contributed by atoms with E-state index >= 15 is 0 Å². The lowest BCUT2D eigenvalue weighted by Gasteiger charge is -2.21. The smallest absolute Gasteiger partial charge is 0.462 e. The molecule has 19 heteroatoms. The van der Waals surface area contributed by atoms with Gasteiger partial charge in [-0.3, -0.25) is 37.3 Å². The highest BCUT2D eigenvalue weighted by atomic mass is 31.2. The van der Waals surface area contributed by atoms with Gasteiger partial charge < -0.3 is 33.8 Å². The van der Waals surface area contributed by atoms with Gasteiger partial charge in [0.25, 0.3) is 0 Å². The molecule has 3 N–H and O–H groups in total. The fourth-order valence-corrected chi connectivity index (χ4v) is 12.5. The van der Waals surface area contributed by atoms with E-state index in [0.29, 0.717) is 25.7 Å². The number of ether oxygens (including phenoxy) is 4. The molecule has 0 aliphatic heterocycles. The van der Waals surface area contributed by atoms with Crippen LogP contribution in [-0.4, -0.2) is 96.7 Å². The van der Waals surface area contributed by atoms with E-state index in [-0.39, 0.29) is 25.7 Å². The van der Waals surface area contributed by atoms with Crippen LogP contribution in [0.3, 0.4) is 0 Å². The second-order valence-electron chi connectivity index (χ2n) is 26.7. The Hall–Kier alpha value is -1.94. The summed E-state index contributed by atoms with van der Waals surface area (Å²) in [6, 6.07) is 0.